The third-order valence-corrected chi connectivity index (χ3v) is 8.18. The summed E-state index contributed by atoms with van der Waals surface area (Å²) < 4.78 is 0. The van der Waals surface area contributed by atoms with E-state index in [1.54, 1.807) is 0 Å². The van der Waals surface area contributed by atoms with Crippen molar-refractivity contribution in [2.24, 2.45) is 9.98 Å². The fourth-order valence-electron chi connectivity index (χ4n) is 4.05. The summed E-state index contributed by atoms with van der Waals surface area (Å²) in [6.45, 7) is 18.1. The van der Waals surface area contributed by atoms with E-state index in [-0.39, 0.29) is 20.4 Å². The molecule has 2 aromatic rings. The van der Waals surface area contributed by atoms with Crippen molar-refractivity contribution in [2.45, 2.75) is 79.1 Å². The summed E-state index contributed by atoms with van der Waals surface area (Å²) in [4.78, 5) is 10.6. The number of thioether (sulfide) groups is 2. The number of aliphatic imine (C=N–C) groups is 2. The van der Waals surface area contributed by atoms with Gasteiger partial charge >= 0.3 is 0 Å². The molecule has 0 atom stereocenters. The summed E-state index contributed by atoms with van der Waals surface area (Å²) in [6, 6.07) is 13.3. The number of alkyl halides is 1. The molecule has 0 bridgehead atoms. The Labute approximate surface area is 241 Å². The minimum atomic E-state index is 0. The number of hydrogen-bond donors (Lipinski definition) is 0. The van der Waals surface area contributed by atoms with Gasteiger partial charge in [-0.15, -0.1) is 35.1 Å². The van der Waals surface area contributed by atoms with E-state index in [9.17, 15) is 0 Å². The minimum absolute atomic E-state index is 0. The van der Waals surface area contributed by atoms with Crippen LogP contribution >= 0.6 is 35.1 Å². The Morgan fingerprint density at radius 2 is 0.829 bits per heavy atom. The molecule has 0 amide bonds. The Hall–Kier alpha value is -0.568. The van der Waals surface area contributed by atoms with Gasteiger partial charge in [0.05, 0.1) is 11.4 Å². The normalized spacial score (nSPS) is 16.2. The minimum Gasteiger partial charge on any atom is -0.239 e. The molecule has 1 fully saturated rings. The maximum Gasteiger partial charge on any atom is 0.129 e. The van der Waals surface area contributed by atoms with Gasteiger partial charge in [0.1, 0.15) is 10.1 Å². The maximum absolute atomic E-state index is 5.32. The quantitative estimate of drug-likeness (QED) is 0.236. The van der Waals surface area contributed by atoms with Crippen LogP contribution in [0.1, 0.15) is 101 Å². The van der Waals surface area contributed by atoms with E-state index >= 15 is 0 Å². The topological polar surface area (TPSA) is 24.7 Å². The zero-order chi connectivity index (χ0) is 25.4. The molecule has 2 aromatic carbocycles. The Kier molecular flexibility index (Phi) is 14.5. The van der Waals surface area contributed by atoms with Crippen LogP contribution in [0.4, 0.5) is 11.4 Å². The zero-order valence-corrected chi connectivity index (χ0v) is 26.5. The second-order valence-electron chi connectivity index (χ2n) is 9.72. The van der Waals surface area contributed by atoms with Crippen molar-refractivity contribution in [3.05, 3.63) is 58.7 Å². The first-order chi connectivity index (χ1) is 16.2. The van der Waals surface area contributed by atoms with Crippen molar-refractivity contribution >= 4 is 56.6 Å². The molecule has 0 radical (unpaired) electrons. The Morgan fingerprint density at radius 3 is 1.06 bits per heavy atom. The molecule has 0 spiro atoms. The molecular weight excluding hydrogens is 582 g/mol. The molecule has 1 heterocycles. The third-order valence-electron chi connectivity index (χ3n) is 5.86. The van der Waals surface area contributed by atoms with Crippen LogP contribution < -0.4 is 0 Å². The molecule has 0 saturated carbocycles. The van der Waals surface area contributed by atoms with Crippen LogP contribution in [0.3, 0.4) is 0 Å². The van der Waals surface area contributed by atoms with E-state index in [1.807, 2.05) is 23.5 Å². The molecule has 6 heteroatoms. The van der Waals surface area contributed by atoms with E-state index in [1.165, 1.54) is 28.6 Å². The predicted octanol–water partition coefficient (Wildman–Crippen LogP) is 10.3. The Morgan fingerprint density at radius 1 is 0.571 bits per heavy atom. The monoisotopic (exact) mass is 622 g/mol. The largest absolute Gasteiger partial charge is 0.239 e. The van der Waals surface area contributed by atoms with Gasteiger partial charge in [-0.05, 0) is 45.9 Å². The summed E-state index contributed by atoms with van der Waals surface area (Å²) in [5.41, 5.74) is 7.59. The number of nitrogens with zero attached hydrogens (tertiary/aromatic N) is 2. The van der Waals surface area contributed by atoms with Gasteiger partial charge in [-0.2, -0.15) is 0 Å². The molecule has 0 aliphatic carbocycles. The summed E-state index contributed by atoms with van der Waals surface area (Å²) in [7, 11) is 0. The predicted molar refractivity (Wildman–Crippen MR) is 160 cm³/mol. The van der Waals surface area contributed by atoms with Gasteiger partial charge in [0, 0.05) is 38.3 Å². The fourth-order valence-corrected chi connectivity index (χ4v) is 6.10. The number of rotatable bonds is 6. The van der Waals surface area contributed by atoms with Crippen molar-refractivity contribution in [1.29, 1.82) is 0 Å². The van der Waals surface area contributed by atoms with Crippen molar-refractivity contribution in [1.82, 2.24) is 0 Å². The molecule has 1 aliphatic heterocycles. The Balaban J connectivity index is 0.00000199. The summed E-state index contributed by atoms with van der Waals surface area (Å²) >= 11 is 8.35. The molecule has 1 saturated heterocycles. The van der Waals surface area contributed by atoms with E-state index in [4.69, 9.17) is 9.98 Å². The van der Waals surface area contributed by atoms with Gasteiger partial charge in [-0.25, -0.2) is 9.98 Å². The molecule has 3 rings (SSSR count). The van der Waals surface area contributed by atoms with E-state index < -0.39 is 0 Å². The molecular formula is C29H41ClN2PdS2. The van der Waals surface area contributed by atoms with Crippen LogP contribution in [-0.4, -0.2) is 28.0 Å². The Bertz CT molecular complexity index is 880. The van der Waals surface area contributed by atoms with Crippen molar-refractivity contribution in [3.8, 4) is 0 Å². The molecule has 35 heavy (non-hydrogen) atoms. The van der Waals surface area contributed by atoms with Gasteiger partial charge in [0.15, 0.2) is 0 Å². The maximum atomic E-state index is 5.32. The van der Waals surface area contributed by atoms with Crippen LogP contribution in [0.15, 0.2) is 46.4 Å². The second kappa shape index (κ2) is 15.6. The van der Waals surface area contributed by atoms with Gasteiger partial charge < -0.3 is 0 Å². The summed E-state index contributed by atoms with van der Waals surface area (Å²) in [5.74, 6) is 3.89. The van der Waals surface area contributed by atoms with Crippen molar-refractivity contribution < 1.29 is 20.4 Å². The van der Waals surface area contributed by atoms with Crippen molar-refractivity contribution in [2.75, 3.05) is 17.9 Å². The standard InChI is InChI=1S/C28H38N2S2.CH3Cl.Pd/c1-17(2)21-11-9-12-22(18(3)4)25(21)29-27-28(32-16-15-31-27)30-26-23(19(5)6)13-10-14-24(26)20(7)8;1-2;/h9-14,17-20H,15-16H2,1-8H3;1H3;. The number of para-hydroxylation sites is 2. The third kappa shape index (κ3) is 8.47. The zero-order valence-electron chi connectivity index (χ0n) is 22.6. The van der Waals surface area contributed by atoms with Crippen LogP contribution in [0.5, 0.6) is 0 Å². The fraction of sp³-hybridized carbons (Fsp3) is 0.517. The first-order valence-electron chi connectivity index (χ1n) is 12.3. The molecule has 0 unspecified atom stereocenters. The van der Waals surface area contributed by atoms with Crippen LogP contribution in [0, 0.1) is 0 Å². The number of hydrogen-bond acceptors (Lipinski definition) is 4. The molecule has 196 valence electrons. The summed E-state index contributed by atoms with van der Waals surface area (Å²) in [6.07, 6.45) is 1.47. The summed E-state index contributed by atoms with van der Waals surface area (Å²) in [5, 5.41) is 2.15. The first kappa shape index (κ1) is 32.5. The van der Waals surface area contributed by atoms with Crippen LogP contribution in [0.25, 0.3) is 0 Å². The molecule has 1 aliphatic rings. The SMILES string of the molecule is CC(C)c1cccc(C(C)C)c1N=C1SCCSC1=Nc1c(C(C)C)cccc1C(C)C.CCl.[Pd]. The van der Waals surface area contributed by atoms with Gasteiger partial charge in [-0.3, -0.25) is 0 Å². The number of benzene rings is 2. The molecule has 2 nitrogen and oxygen atoms in total. The molecule has 0 N–H and O–H groups in total. The average Bonchev–Trinajstić information content (AvgIpc) is 2.81. The second-order valence-corrected chi connectivity index (χ2v) is 11.9. The van der Waals surface area contributed by atoms with Gasteiger partial charge in [-0.1, -0.05) is 91.8 Å². The van der Waals surface area contributed by atoms with E-state index in [0.717, 1.165) is 33.0 Å². The average molecular weight is 624 g/mol. The smallest absolute Gasteiger partial charge is 0.129 e. The van der Waals surface area contributed by atoms with Crippen molar-refractivity contribution in [3.63, 3.8) is 0 Å². The number of halogens is 1. The van der Waals surface area contributed by atoms with Gasteiger partial charge in [0.25, 0.3) is 0 Å². The van der Waals surface area contributed by atoms with Gasteiger partial charge in [0.2, 0.25) is 0 Å². The van der Waals surface area contributed by atoms with E-state index in [2.05, 4.69) is 103 Å². The first-order valence-corrected chi connectivity index (χ1v) is 15.0. The molecule has 0 aromatic heterocycles. The van der Waals surface area contributed by atoms with Crippen LogP contribution in [-0.2, 0) is 20.4 Å². The van der Waals surface area contributed by atoms with Crippen LogP contribution in [0.2, 0.25) is 0 Å². The van der Waals surface area contributed by atoms with E-state index in [0.29, 0.717) is 23.7 Å².